The molecule has 0 aliphatic heterocycles. The van der Waals surface area contributed by atoms with Crippen molar-refractivity contribution in [3.8, 4) is 0 Å². The number of hydrogen-bond acceptors (Lipinski definition) is 5. The van der Waals surface area contributed by atoms with Gasteiger partial charge in [0.2, 0.25) is 0 Å². The van der Waals surface area contributed by atoms with Crippen LogP contribution in [-0.2, 0) is 13.3 Å². The topological polar surface area (TPSA) is 47.9 Å². The largest absolute Gasteiger partial charge is 0.411 e. The van der Waals surface area contributed by atoms with Crippen LogP contribution in [0.25, 0.3) is 0 Å². The van der Waals surface area contributed by atoms with Crippen molar-refractivity contribution in [2.75, 3.05) is 6.61 Å². The molecule has 0 saturated heterocycles. The van der Waals surface area contributed by atoms with Crippen molar-refractivity contribution in [2.45, 2.75) is 147 Å². The maximum absolute atomic E-state index is 10.4. The van der Waals surface area contributed by atoms with Crippen LogP contribution in [0.3, 0.4) is 0 Å². The number of aliphatic hydroxyl groups excluding tert-OH is 1. The first-order chi connectivity index (χ1) is 14.8. The molecular weight excluding hydrogens is 481 g/mol. The van der Waals surface area contributed by atoms with Crippen LogP contribution in [0.4, 0.5) is 0 Å². The second-order valence-corrected chi connectivity index (χ2v) is 28.2. The predicted molar refractivity (Wildman–Crippen MR) is 154 cm³/mol. The van der Waals surface area contributed by atoms with E-state index in [0.717, 1.165) is 24.6 Å². The molecule has 0 aromatic carbocycles. The lowest BCUT2D eigenvalue weighted by Crippen LogP contribution is -2.64. The van der Waals surface area contributed by atoms with E-state index in [1.165, 1.54) is 0 Å². The Balaban J connectivity index is 3.58. The van der Waals surface area contributed by atoms with Gasteiger partial charge >= 0.3 is 0 Å². The molecular formula is C25H56O4SSi3. The second kappa shape index (κ2) is 11.5. The van der Waals surface area contributed by atoms with E-state index in [2.05, 4.69) is 88.5 Å². The third-order valence-corrected chi connectivity index (χ3v) is 23.2. The second-order valence-electron chi connectivity index (χ2n) is 13.3. The third kappa shape index (κ3) is 7.43. The van der Waals surface area contributed by atoms with Gasteiger partial charge in [0.1, 0.15) is 0 Å². The first kappa shape index (κ1) is 31.9. The van der Waals surface area contributed by atoms with E-state index in [9.17, 15) is 5.11 Å². The van der Waals surface area contributed by atoms with Crippen LogP contribution in [0, 0.1) is 5.92 Å². The molecule has 1 aliphatic rings. The summed E-state index contributed by atoms with van der Waals surface area (Å²) in [5.74, 6) is 0.0168. The van der Waals surface area contributed by atoms with Crippen molar-refractivity contribution >= 4 is 37.6 Å². The molecule has 0 bridgehead atoms. The normalized spacial score (nSPS) is 28.3. The van der Waals surface area contributed by atoms with Gasteiger partial charge in [0.15, 0.2) is 25.0 Å². The van der Waals surface area contributed by atoms with E-state index in [-0.39, 0.29) is 46.2 Å². The standard InChI is InChI=1S/C25H56O4SSi3/c1-14-33(15-2,16-3)29-23-21(27-31(10,11)24(4,5)6)19(18-26)17-20(30)22(23)28-32(12,13)25(7,8)9/h19-23,26,30H,14-18H2,1-13H3/t19-,20-,21-,22+,23-/m1/s1. The summed E-state index contributed by atoms with van der Waals surface area (Å²) in [4.78, 5) is 0. The molecule has 0 aromatic heterocycles. The minimum Gasteiger partial charge on any atom is -0.411 e. The van der Waals surface area contributed by atoms with Gasteiger partial charge < -0.3 is 18.4 Å². The van der Waals surface area contributed by atoms with Gasteiger partial charge in [-0.05, 0) is 60.8 Å². The summed E-state index contributed by atoms with van der Waals surface area (Å²) in [7, 11) is -6.10. The highest BCUT2D eigenvalue weighted by molar-refractivity contribution is 7.81. The SMILES string of the molecule is CC[Si](CC)(CC)O[C@@H]1[C@H](O[Si](C)(C)C(C)(C)C)[C@@H](CO)C[C@@H](S)[C@@H]1O[Si](C)(C)C(C)(C)C. The van der Waals surface area contributed by atoms with Crippen molar-refractivity contribution in [1.29, 1.82) is 0 Å². The molecule has 0 unspecified atom stereocenters. The van der Waals surface area contributed by atoms with Gasteiger partial charge in [-0.15, -0.1) is 0 Å². The molecule has 0 amide bonds. The lowest BCUT2D eigenvalue weighted by Gasteiger charge is -2.53. The molecule has 1 aliphatic carbocycles. The Morgan fingerprint density at radius 2 is 1.12 bits per heavy atom. The highest BCUT2D eigenvalue weighted by Crippen LogP contribution is 2.46. The van der Waals surface area contributed by atoms with Crippen molar-refractivity contribution in [3.63, 3.8) is 0 Å². The molecule has 1 N–H and O–H groups in total. The lowest BCUT2D eigenvalue weighted by atomic mass is 9.83. The number of rotatable bonds is 10. The monoisotopic (exact) mass is 536 g/mol. The molecule has 1 saturated carbocycles. The van der Waals surface area contributed by atoms with Crippen LogP contribution in [0.1, 0.15) is 68.7 Å². The quantitative estimate of drug-likeness (QED) is 0.224. The van der Waals surface area contributed by atoms with Gasteiger partial charge in [-0.1, -0.05) is 62.3 Å². The Bertz CT molecular complexity index is 603. The van der Waals surface area contributed by atoms with E-state index in [0.29, 0.717) is 0 Å². The van der Waals surface area contributed by atoms with Crippen molar-refractivity contribution < 1.29 is 18.4 Å². The first-order valence-corrected chi connectivity index (χ1v) is 22.0. The molecule has 0 spiro atoms. The Morgan fingerprint density at radius 3 is 1.45 bits per heavy atom. The van der Waals surface area contributed by atoms with Crippen LogP contribution in [-0.4, -0.2) is 60.2 Å². The zero-order chi connectivity index (χ0) is 26.0. The Labute approximate surface area is 214 Å². The highest BCUT2D eigenvalue weighted by atomic mass is 32.1. The Hall–Kier alpha value is 0.841. The van der Waals surface area contributed by atoms with E-state index >= 15 is 0 Å². The number of hydrogen-bond donors (Lipinski definition) is 2. The van der Waals surface area contributed by atoms with Gasteiger partial charge in [0, 0.05) is 17.8 Å². The molecule has 0 radical (unpaired) electrons. The van der Waals surface area contributed by atoms with Gasteiger partial charge in [0.25, 0.3) is 0 Å². The Kier molecular flexibility index (Phi) is 11.1. The van der Waals surface area contributed by atoms with Crippen LogP contribution >= 0.6 is 12.6 Å². The summed E-state index contributed by atoms with van der Waals surface area (Å²) < 4.78 is 21.4. The molecule has 198 valence electrons. The fourth-order valence-corrected chi connectivity index (χ4v) is 10.4. The fourth-order valence-electron chi connectivity index (χ4n) is 4.20. The molecule has 0 aromatic rings. The van der Waals surface area contributed by atoms with Crippen molar-refractivity contribution in [2.24, 2.45) is 5.92 Å². The van der Waals surface area contributed by atoms with Gasteiger partial charge in [-0.3, -0.25) is 0 Å². The number of aliphatic hydroxyl groups is 1. The van der Waals surface area contributed by atoms with Crippen LogP contribution in [0.5, 0.6) is 0 Å². The predicted octanol–water partition coefficient (Wildman–Crippen LogP) is 7.47. The summed E-state index contributed by atoms with van der Waals surface area (Å²) >= 11 is 5.06. The average molecular weight is 537 g/mol. The minimum absolute atomic E-state index is 0.0168. The molecule has 33 heavy (non-hydrogen) atoms. The van der Waals surface area contributed by atoms with E-state index in [1.54, 1.807) is 0 Å². The first-order valence-electron chi connectivity index (χ1n) is 13.1. The summed E-state index contributed by atoms with van der Waals surface area (Å²) in [6, 6.07) is 3.24. The average Bonchev–Trinajstić information content (AvgIpc) is 2.68. The summed E-state index contributed by atoms with van der Waals surface area (Å²) in [5, 5.41) is 10.6. The third-order valence-electron chi connectivity index (χ3n) is 9.06. The molecule has 1 rings (SSSR count). The van der Waals surface area contributed by atoms with Crippen molar-refractivity contribution in [1.82, 2.24) is 0 Å². The smallest absolute Gasteiger partial charge is 0.192 e. The van der Waals surface area contributed by atoms with E-state index in [4.69, 9.17) is 25.9 Å². The molecule has 0 heterocycles. The highest BCUT2D eigenvalue weighted by Gasteiger charge is 2.53. The van der Waals surface area contributed by atoms with Crippen LogP contribution in [0.15, 0.2) is 0 Å². The zero-order valence-corrected chi connectivity index (χ0v) is 27.9. The van der Waals surface area contributed by atoms with Crippen molar-refractivity contribution in [3.05, 3.63) is 0 Å². The van der Waals surface area contributed by atoms with Crippen LogP contribution < -0.4 is 0 Å². The fraction of sp³-hybridized carbons (Fsp3) is 1.00. The van der Waals surface area contributed by atoms with E-state index < -0.39 is 25.0 Å². The lowest BCUT2D eigenvalue weighted by molar-refractivity contribution is -0.0964. The van der Waals surface area contributed by atoms with Gasteiger partial charge in [0.05, 0.1) is 18.3 Å². The van der Waals surface area contributed by atoms with E-state index in [1.807, 2.05) is 0 Å². The molecule has 8 heteroatoms. The number of thiol groups is 1. The van der Waals surface area contributed by atoms with Gasteiger partial charge in [-0.2, -0.15) is 12.6 Å². The summed E-state index contributed by atoms with van der Waals surface area (Å²) in [5.41, 5.74) is 0. The Morgan fingerprint density at radius 1 is 0.727 bits per heavy atom. The molecule has 5 atom stereocenters. The van der Waals surface area contributed by atoms with Crippen LogP contribution in [0.2, 0.25) is 54.4 Å². The summed E-state index contributed by atoms with van der Waals surface area (Å²) in [6.07, 6.45) is 0.318. The summed E-state index contributed by atoms with van der Waals surface area (Å²) in [6.45, 7) is 29.9. The van der Waals surface area contributed by atoms with Gasteiger partial charge in [-0.25, -0.2) is 0 Å². The maximum atomic E-state index is 10.4. The zero-order valence-electron chi connectivity index (χ0n) is 24.0. The minimum atomic E-state index is -2.09. The molecule has 4 nitrogen and oxygen atoms in total. The maximum Gasteiger partial charge on any atom is 0.192 e. The molecule has 1 fully saturated rings.